The van der Waals surface area contributed by atoms with Crippen LogP contribution in [-0.4, -0.2) is 25.2 Å². The molecular weight excluding hydrogens is 342 g/mol. The molecule has 0 saturated heterocycles. The van der Waals surface area contributed by atoms with E-state index in [1.54, 1.807) is 0 Å². The van der Waals surface area contributed by atoms with Gasteiger partial charge < -0.3 is 19.5 Å². The van der Waals surface area contributed by atoms with E-state index in [-0.39, 0.29) is 11.9 Å². The van der Waals surface area contributed by atoms with E-state index in [0.29, 0.717) is 19.6 Å². The van der Waals surface area contributed by atoms with Crippen molar-refractivity contribution < 1.29 is 19.0 Å². The van der Waals surface area contributed by atoms with Crippen molar-refractivity contribution in [2.24, 2.45) is 0 Å². The summed E-state index contributed by atoms with van der Waals surface area (Å²) < 4.78 is 17.1. The summed E-state index contributed by atoms with van der Waals surface area (Å²) in [5, 5.41) is 3.04. The van der Waals surface area contributed by atoms with E-state index in [1.165, 1.54) is 0 Å². The van der Waals surface area contributed by atoms with E-state index < -0.39 is 6.10 Å². The van der Waals surface area contributed by atoms with Crippen molar-refractivity contribution in [2.75, 3.05) is 13.2 Å². The molecule has 0 spiro atoms. The summed E-state index contributed by atoms with van der Waals surface area (Å²) in [6.45, 7) is 9.04. The first-order valence-corrected chi connectivity index (χ1v) is 9.41. The Balaban J connectivity index is 1.67. The Labute approximate surface area is 160 Å². The van der Waals surface area contributed by atoms with Crippen LogP contribution in [0.3, 0.4) is 0 Å². The number of carbonyl (C=O) groups is 1. The number of ether oxygens (including phenoxy) is 3. The maximum absolute atomic E-state index is 12.7. The van der Waals surface area contributed by atoms with Crippen LogP contribution in [0.5, 0.6) is 17.2 Å². The van der Waals surface area contributed by atoms with Gasteiger partial charge in [0.25, 0.3) is 5.91 Å². The monoisotopic (exact) mass is 369 g/mol. The van der Waals surface area contributed by atoms with Gasteiger partial charge in [0, 0.05) is 0 Å². The molecule has 0 saturated carbocycles. The summed E-state index contributed by atoms with van der Waals surface area (Å²) >= 11 is 0. The first kappa shape index (κ1) is 19.1. The van der Waals surface area contributed by atoms with E-state index in [9.17, 15) is 4.79 Å². The third-order valence-electron chi connectivity index (χ3n) is 4.56. The lowest BCUT2D eigenvalue weighted by atomic mass is 10.1. The van der Waals surface area contributed by atoms with E-state index in [2.05, 4.69) is 11.4 Å². The zero-order chi connectivity index (χ0) is 19.4. The van der Waals surface area contributed by atoms with E-state index >= 15 is 0 Å². The molecule has 2 atom stereocenters. The number of benzene rings is 2. The Morgan fingerprint density at radius 3 is 2.41 bits per heavy atom. The summed E-state index contributed by atoms with van der Waals surface area (Å²) in [4.78, 5) is 12.7. The summed E-state index contributed by atoms with van der Waals surface area (Å²) in [7, 11) is 0. The largest absolute Gasteiger partial charge is 0.486 e. The van der Waals surface area contributed by atoms with Crippen molar-refractivity contribution >= 4 is 5.91 Å². The van der Waals surface area contributed by atoms with E-state index in [4.69, 9.17) is 14.2 Å². The normalized spacial score (nSPS) is 15.0. The molecule has 3 rings (SSSR count). The van der Waals surface area contributed by atoms with Crippen LogP contribution in [0.25, 0.3) is 0 Å². The molecule has 0 bridgehead atoms. The molecule has 1 heterocycles. The molecule has 27 heavy (non-hydrogen) atoms. The molecule has 2 aromatic rings. The lowest BCUT2D eigenvalue weighted by Crippen LogP contribution is -2.39. The van der Waals surface area contributed by atoms with Crippen molar-refractivity contribution in [1.82, 2.24) is 5.32 Å². The molecule has 2 aromatic carbocycles. The van der Waals surface area contributed by atoms with Gasteiger partial charge in [-0.05, 0) is 68.1 Å². The van der Waals surface area contributed by atoms with Crippen LogP contribution in [-0.2, 0) is 4.79 Å². The van der Waals surface area contributed by atoms with Gasteiger partial charge in [0.2, 0.25) is 0 Å². The topological polar surface area (TPSA) is 56.8 Å². The van der Waals surface area contributed by atoms with Crippen LogP contribution >= 0.6 is 0 Å². The van der Waals surface area contributed by atoms with Crippen molar-refractivity contribution in [2.45, 2.75) is 46.3 Å². The first-order valence-electron chi connectivity index (χ1n) is 9.41. The number of hydrogen-bond donors (Lipinski definition) is 1. The minimum absolute atomic E-state index is 0.126. The third-order valence-corrected chi connectivity index (χ3v) is 4.56. The first-order chi connectivity index (χ1) is 13.0. The van der Waals surface area contributed by atoms with Crippen LogP contribution in [0.15, 0.2) is 36.4 Å². The van der Waals surface area contributed by atoms with Crippen molar-refractivity contribution in [3.8, 4) is 17.2 Å². The highest BCUT2D eigenvalue weighted by atomic mass is 16.6. The number of amides is 1. The number of rotatable bonds is 6. The van der Waals surface area contributed by atoms with Crippen LogP contribution in [0.2, 0.25) is 0 Å². The minimum atomic E-state index is -0.536. The van der Waals surface area contributed by atoms with Crippen molar-refractivity contribution in [1.29, 1.82) is 0 Å². The third kappa shape index (κ3) is 4.73. The molecule has 0 aliphatic carbocycles. The molecule has 1 amide bonds. The maximum atomic E-state index is 12.7. The Bertz CT molecular complexity index is 798. The second kappa shape index (κ2) is 8.33. The predicted molar refractivity (Wildman–Crippen MR) is 105 cm³/mol. The van der Waals surface area contributed by atoms with Gasteiger partial charge in [-0.3, -0.25) is 4.79 Å². The smallest absolute Gasteiger partial charge is 0.261 e. The van der Waals surface area contributed by atoms with Crippen molar-refractivity contribution in [3.05, 3.63) is 53.1 Å². The summed E-state index contributed by atoms with van der Waals surface area (Å²) in [6.07, 6.45) is 0.0537. The van der Waals surface area contributed by atoms with Gasteiger partial charge in [-0.2, -0.15) is 0 Å². The van der Waals surface area contributed by atoms with Gasteiger partial charge in [-0.1, -0.05) is 19.1 Å². The van der Waals surface area contributed by atoms with Gasteiger partial charge >= 0.3 is 0 Å². The molecule has 144 valence electrons. The SMILES string of the molecule is CC[C@H](Oc1cc(C)cc(C)c1)C(=O)N[C@H](C)c1ccc2c(c1)OCCO2. The second-order valence-corrected chi connectivity index (χ2v) is 6.97. The summed E-state index contributed by atoms with van der Waals surface area (Å²) in [5.74, 6) is 2.06. The Hall–Kier alpha value is -2.69. The second-order valence-electron chi connectivity index (χ2n) is 6.97. The number of carbonyl (C=O) groups excluding carboxylic acids is 1. The summed E-state index contributed by atoms with van der Waals surface area (Å²) in [5.41, 5.74) is 3.20. The average molecular weight is 369 g/mol. The average Bonchev–Trinajstić information content (AvgIpc) is 2.64. The fourth-order valence-electron chi connectivity index (χ4n) is 3.21. The van der Waals surface area contributed by atoms with Gasteiger partial charge in [-0.15, -0.1) is 0 Å². The highest BCUT2D eigenvalue weighted by Gasteiger charge is 2.22. The van der Waals surface area contributed by atoms with Crippen molar-refractivity contribution in [3.63, 3.8) is 0 Å². The van der Waals surface area contributed by atoms with E-state index in [0.717, 1.165) is 33.9 Å². The molecular formula is C22H27NO4. The Kier molecular flexibility index (Phi) is 5.89. The lowest BCUT2D eigenvalue weighted by Gasteiger charge is -2.23. The lowest BCUT2D eigenvalue weighted by molar-refractivity contribution is -0.128. The molecule has 0 aromatic heterocycles. The highest BCUT2D eigenvalue weighted by molar-refractivity contribution is 5.81. The molecule has 0 unspecified atom stereocenters. The Morgan fingerprint density at radius 2 is 1.74 bits per heavy atom. The predicted octanol–water partition coefficient (Wildman–Crippen LogP) is 4.11. The van der Waals surface area contributed by atoms with Crippen LogP contribution in [0, 0.1) is 13.8 Å². The fraction of sp³-hybridized carbons (Fsp3) is 0.409. The molecule has 5 nitrogen and oxygen atoms in total. The fourth-order valence-corrected chi connectivity index (χ4v) is 3.21. The quantitative estimate of drug-likeness (QED) is 0.833. The number of fused-ring (bicyclic) bond motifs is 1. The highest BCUT2D eigenvalue weighted by Crippen LogP contribution is 2.32. The standard InChI is InChI=1S/C22H27NO4/c1-5-19(27-18-11-14(2)10-15(3)12-18)22(24)23-16(4)17-6-7-20-21(13-17)26-9-8-25-20/h6-7,10-13,16,19H,5,8-9H2,1-4H3,(H,23,24)/t16-,19+/m1/s1. The van der Waals surface area contributed by atoms with Crippen LogP contribution in [0.1, 0.15) is 43.0 Å². The van der Waals surface area contributed by atoms with Gasteiger partial charge in [0.15, 0.2) is 17.6 Å². The molecule has 0 radical (unpaired) electrons. The molecule has 1 aliphatic rings. The molecule has 5 heteroatoms. The van der Waals surface area contributed by atoms with Gasteiger partial charge in [-0.25, -0.2) is 0 Å². The zero-order valence-corrected chi connectivity index (χ0v) is 16.4. The van der Waals surface area contributed by atoms with Crippen LogP contribution < -0.4 is 19.5 Å². The molecule has 0 fully saturated rings. The number of aryl methyl sites for hydroxylation is 2. The van der Waals surface area contributed by atoms with E-state index in [1.807, 2.05) is 58.0 Å². The number of hydrogen-bond acceptors (Lipinski definition) is 4. The summed E-state index contributed by atoms with van der Waals surface area (Å²) in [6, 6.07) is 11.6. The number of nitrogens with one attached hydrogen (secondary N) is 1. The zero-order valence-electron chi connectivity index (χ0n) is 16.4. The van der Waals surface area contributed by atoms with Gasteiger partial charge in [0.05, 0.1) is 6.04 Å². The van der Waals surface area contributed by atoms with Gasteiger partial charge in [0.1, 0.15) is 19.0 Å². The maximum Gasteiger partial charge on any atom is 0.261 e. The minimum Gasteiger partial charge on any atom is -0.486 e. The Morgan fingerprint density at radius 1 is 1.07 bits per heavy atom. The molecule has 1 aliphatic heterocycles. The molecule has 1 N–H and O–H groups in total. The van der Waals surface area contributed by atoms with Crippen LogP contribution in [0.4, 0.5) is 0 Å².